The van der Waals surface area contributed by atoms with Crippen molar-refractivity contribution in [2.24, 2.45) is 0 Å². The van der Waals surface area contributed by atoms with Gasteiger partial charge in [-0.3, -0.25) is 14.9 Å². The van der Waals surface area contributed by atoms with Crippen molar-refractivity contribution in [1.29, 1.82) is 0 Å². The molecular formula is C16H16N2O4S. The number of amides is 1. The van der Waals surface area contributed by atoms with E-state index >= 15 is 0 Å². The summed E-state index contributed by atoms with van der Waals surface area (Å²) in [5, 5.41) is 13.6. The number of hydrogen-bond acceptors (Lipinski definition) is 5. The van der Waals surface area contributed by atoms with E-state index in [9.17, 15) is 14.9 Å². The van der Waals surface area contributed by atoms with E-state index in [1.807, 2.05) is 31.2 Å². The molecule has 0 spiro atoms. The molecule has 0 bridgehead atoms. The molecule has 0 heterocycles. The fraction of sp³-hybridized carbons (Fsp3) is 0.188. The Morgan fingerprint density at radius 1 is 1.26 bits per heavy atom. The van der Waals surface area contributed by atoms with Gasteiger partial charge in [-0.1, -0.05) is 17.7 Å². The molecule has 1 N–H and O–H groups in total. The normalized spacial score (nSPS) is 10.2. The third-order valence-corrected chi connectivity index (χ3v) is 4.08. The van der Waals surface area contributed by atoms with E-state index in [4.69, 9.17) is 4.74 Å². The molecule has 0 aliphatic carbocycles. The van der Waals surface area contributed by atoms with Gasteiger partial charge in [0.25, 0.3) is 5.69 Å². The highest BCUT2D eigenvalue weighted by molar-refractivity contribution is 8.00. The topological polar surface area (TPSA) is 81.5 Å². The molecule has 0 aromatic heterocycles. The number of rotatable bonds is 6. The third kappa shape index (κ3) is 4.72. The van der Waals surface area contributed by atoms with Gasteiger partial charge in [0.1, 0.15) is 11.4 Å². The molecule has 7 heteroatoms. The Labute approximate surface area is 138 Å². The van der Waals surface area contributed by atoms with Crippen LogP contribution in [0, 0.1) is 17.0 Å². The summed E-state index contributed by atoms with van der Waals surface area (Å²) in [6, 6.07) is 12.1. The zero-order valence-corrected chi connectivity index (χ0v) is 13.6. The number of anilines is 1. The molecule has 6 nitrogen and oxygen atoms in total. The molecule has 1 amide bonds. The van der Waals surface area contributed by atoms with Gasteiger partial charge in [-0.15, -0.1) is 11.8 Å². The van der Waals surface area contributed by atoms with Crippen molar-refractivity contribution >= 4 is 29.0 Å². The minimum atomic E-state index is -0.550. The highest BCUT2D eigenvalue weighted by Crippen LogP contribution is 2.29. The summed E-state index contributed by atoms with van der Waals surface area (Å²) in [4.78, 5) is 23.5. The average molecular weight is 332 g/mol. The number of nitro benzene ring substituents is 1. The second-order valence-corrected chi connectivity index (χ2v) is 5.84. The number of benzene rings is 2. The van der Waals surface area contributed by atoms with Gasteiger partial charge < -0.3 is 10.1 Å². The minimum absolute atomic E-state index is 0.158. The van der Waals surface area contributed by atoms with Crippen LogP contribution in [0.1, 0.15) is 5.56 Å². The van der Waals surface area contributed by atoms with Gasteiger partial charge in [0.05, 0.1) is 23.9 Å². The molecule has 2 aromatic carbocycles. The van der Waals surface area contributed by atoms with Crippen molar-refractivity contribution in [1.82, 2.24) is 0 Å². The van der Waals surface area contributed by atoms with Crippen LogP contribution in [-0.2, 0) is 4.79 Å². The lowest BCUT2D eigenvalue weighted by atomic mass is 10.2. The van der Waals surface area contributed by atoms with Crippen molar-refractivity contribution in [2.45, 2.75) is 11.8 Å². The third-order valence-electron chi connectivity index (χ3n) is 3.07. The maximum Gasteiger partial charge on any atom is 0.296 e. The van der Waals surface area contributed by atoms with E-state index in [1.165, 1.54) is 31.0 Å². The van der Waals surface area contributed by atoms with E-state index in [-0.39, 0.29) is 23.0 Å². The van der Waals surface area contributed by atoms with Gasteiger partial charge in [-0.25, -0.2) is 0 Å². The molecule has 0 radical (unpaired) electrons. The quantitative estimate of drug-likeness (QED) is 0.496. The summed E-state index contributed by atoms with van der Waals surface area (Å²) in [6.07, 6.45) is 0. The number of hydrogen-bond donors (Lipinski definition) is 1. The van der Waals surface area contributed by atoms with Crippen molar-refractivity contribution in [2.75, 3.05) is 18.2 Å². The lowest BCUT2D eigenvalue weighted by molar-refractivity contribution is -0.384. The molecule has 0 saturated heterocycles. The number of nitrogens with one attached hydrogen (secondary N) is 1. The van der Waals surface area contributed by atoms with Crippen molar-refractivity contribution in [3.05, 3.63) is 58.1 Å². The van der Waals surface area contributed by atoms with Crippen molar-refractivity contribution < 1.29 is 14.5 Å². The molecule has 120 valence electrons. The zero-order valence-electron chi connectivity index (χ0n) is 12.7. The number of nitrogens with zero attached hydrogens (tertiary/aromatic N) is 1. The number of ether oxygens (including phenoxy) is 1. The zero-order chi connectivity index (χ0) is 16.8. The summed E-state index contributed by atoms with van der Waals surface area (Å²) in [7, 11) is 1.43. The Kier molecular flexibility index (Phi) is 5.59. The Morgan fingerprint density at radius 2 is 1.96 bits per heavy atom. The summed E-state index contributed by atoms with van der Waals surface area (Å²) in [6.45, 7) is 1.99. The maximum absolute atomic E-state index is 12.0. The second kappa shape index (κ2) is 7.64. The highest BCUT2D eigenvalue weighted by atomic mass is 32.2. The largest absolute Gasteiger partial charge is 0.496 e. The van der Waals surface area contributed by atoms with Crippen molar-refractivity contribution in [3.8, 4) is 5.75 Å². The molecule has 0 saturated carbocycles. The van der Waals surface area contributed by atoms with E-state index < -0.39 is 4.92 Å². The van der Waals surface area contributed by atoms with Gasteiger partial charge in [-0.2, -0.15) is 0 Å². The first kappa shape index (κ1) is 16.8. The minimum Gasteiger partial charge on any atom is -0.496 e. The smallest absolute Gasteiger partial charge is 0.296 e. The van der Waals surface area contributed by atoms with Gasteiger partial charge in [-0.05, 0) is 31.2 Å². The van der Waals surface area contributed by atoms with Crippen LogP contribution >= 0.6 is 11.8 Å². The van der Waals surface area contributed by atoms with Gasteiger partial charge in [0.2, 0.25) is 5.91 Å². The second-order valence-electron chi connectivity index (χ2n) is 4.79. The molecule has 0 aliphatic heterocycles. The number of aryl methyl sites for hydroxylation is 1. The number of nitro groups is 1. The fourth-order valence-corrected chi connectivity index (χ4v) is 2.56. The summed E-state index contributed by atoms with van der Waals surface area (Å²) in [5.74, 6) is 0.235. The molecule has 2 rings (SSSR count). The summed E-state index contributed by atoms with van der Waals surface area (Å²) >= 11 is 1.37. The number of carbonyl (C=O) groups is 1. The van der Waals surface area contributed by atoms with Crippen LogP contribution in [0.3, 0.4) is 0 Å². The van der Waals surface area contributed by atoms with E-state index in [1.54, 1.807) is 6.07 Å². The maximum atomic E-state index is 12.0. The van der Waals surface area contributed by atoms with E-state index in [0.29, 0.717) is 5.75 Å². The Balaban J connectivity index is 2.02. The van der Waals surface area contributed by atoms with Crippen LogP contribution < -0.4 is 10.1 Å². The van der Waals surface area contributed by atoms with Crippen LogP contribution in [-0.4, -0.2) is 23.7 Å². The molecular weight excluding hydrogens is 316 g/mol. The first-order chi connectivity index (χ1) is 11.0. The first-order valence-corrected chi connectivity index (χ1v) is 7.80. The molecule has 0 aliphatic rings. The monoisotopic (exact) mass is 332 g/mol. The number of carbonyl (C=O) groups excluding carboxylic acids is 1. The Bertz CT molecular complexity index is 717. The first-order valence-electron chi connectivity index (χ1n) is 6.81. The molecule has 0 unspecified atom stereocenters. The number of thioether (sulfide) groups is 1. The summed E-state index contributed by atoms with van der Waals surface area (Å²) in [5.41, 5.74) is 1.11. The lowest BCUT2D eigenvalue weighted by Crippen LogP contribution is -2.15. The van der Waals surface area contributed by atoms with Crippen LogP contribution in [0.4, 0.5) is 11.4 Å². The van der Waals surface area contributed by atoms with Gasteiger partial charge >= 0.3 is 0 Å². The van der Waals surface area contributed by atoms with E-state index in [2.05, 4.69) is 5.32 Å². The Morgan fingerprint density at radius 3 is 2.57 bits per heavy atom. The summed E-state index contributed by atoms with van der Waals surface area (Å²) < 4.78 is 4.96. The predicted molar refractivity (Wildman–Crippen MR) is 90.2 cm³/mol. The van der Waals surface area contributed by atoms with Gasteiger partial charge in [0.15, 0.2) is 0 Å². The number of methoxy groups -OCH3 is 1. The fourth-order valence-electron chi connectivity index (χ4n) is 1.86. The molecule has 23 heavy (non-hydrogen) atoms. The lowest BCUT2D eigenvalue weighted by Gasteiger charge is -2.07. The molecule has 0 fully saturated rings. The molecule has 0 atom stereocenters. The van der Waals surface area contributed by atoms with Crippen LogP contribution in [0.25, 0.3) is 0 Å². The van der Waals surface area contributed by atoms with E-state index in [0.717, 1.165) is 10.5 Å². The Hall–Kier alpha value is -2.54. The highest BCUT2D eigenvalue weighted by Gasteiger charge is 2.17. The van der Waals surface area contributed by atoms with Crippen LogP contribution in [0.15, 0.2) is 47.4 Å². The SMILES string of the molecule is COc1ccc(NC(=O)CSc2ccc(C)cc2)c([N+](=O)[O-])c1. The predicted octanol–water partition coefficient (Wildman–Crippen LogP) is 3.64. The standard InChI is InChI=1S/C16H16N2O4S/c1-11-3-6-13(7-4-11)23-10-16(19)17-14-8-5-12(22-2)9-15(14)18(20)21/h3-9H,10H2,1-2H3,(H,17,19). The van der Waals surface area contributed by atoms with Gasteiger partial charge in [0, 0.05) is 4.90 Å². The van der Waals surface area contributed by atoms with Crippen LogP contribution in [0.2, 0.25) is 0 Å². The molecule has 2 aromatic rings. The van der Waals surface area contributed by atoms with Crippen molar-refractivity contribution in [3.63, 3.8) is 0 Å². The average Bonchev–Trinajstić information content (AvgIpc) is 2.54. The van der Waals surface area contributed by atoms with Crippen LogP contribution in [0.5, 0.6) is 5.75 Å².